The molecule has 1 atom stereocenters. The van der Waals surface area contributed by atoms with Gasteiger partial charge in [-0.1, -0.05) is 79.6 Å². The number of fused-ring (bicyclic) bond motifs is 3. The third kappa shape index (κ3) is 4.59. The summed E-state index contributed by atoms with van der Waals surface area (Å²) in [6.07, 6.45) is 3.50. The van der Waals surface area contributed by atoms with Crippen molar-refractivity contribution in [2.45, 2.75) is 25.8 Å². The molecule has 2 heterocycles. The number of nitrogens with zero attached hydrogens (tertiary/aromatic N) is 2. The van der Waals surface area contributed by atoms with Gasteiger partial charge in [0.1, 0.15) is 0 Å². The van der Waals surface area contributed by atoms with E-state index in [9.17, 15) is 9.59 Å². The minimum Gasteiger partial charge on any atom is -0.425 e. The van der Waals surface area contributed by atoms with Crippen LogP contribution in [0.2, 0.25) is 0 Å². The molecule has 0 N–H and O–H groups in total. The Hall–Kier alpha value is -2.59. The maximum atomic E-state index is 14.0. The highest BCUT2D eigenvalue weighted by Gasteiger charge is 2.32. The van der Waals surface area contributed by atoms with Crippen molar-refractivity contribution in [2.24, 2.45) is 4.99 Å². The van der Waals surface area contributed by atoms with Gasteiger partial charge in [0.15, 0.2) is 10.6 Å². The van der Waals surface area contributed by atoms with Gasteiger partial charge in [0, 0.05) is 27.0 Å². The zero-order valence-corrected chi connectivity index (χ0v) is 25.6. The number of halogens is 3. The molecule has 3 aromatic carbocycles. The fourth-order valence-electron chi connectivity index (χ4n) is 5.05. The molecule has 0 saturated carbocycles. The fourth-order valence-corrected chi connectivity index (χ4v) is 7.64. The van der Waals surface area contributed by atoms with Crippen molar-refractivity contribution >= 4 is 76.9 Å². The smallest absolute Gasteiger partial charge is 0.308 e. The van der Waals surface area contributed by atoms with E-state index >= 15 is 0 Å². The number of hydrogen-bond donors (Lipinski definition) is 0. The van der Waals surface area contributed by atoms with E-state index in [0.717, 1.165) is 44.2 Å². The van der Waals surface area contributed by atoms with Crippen LogP contribution in [-0.2, 0) is 11.2 Å². The first-order valence-corrected chi connectivity index (χ1v) is 15.1. The first-order chi connectivity index (χ1) is 18.3. The van der Waals surface area contributed by atoms with Gasteiger partial charge in [-0.15, -0.1) is 0 Å². The lowest BCUT2D eigenvalue weighted by Crippen LogP contribution is -2.38. The molecule has 0 unspecified atom stereocenters. The van der Waals surface area contributed by atoms with Crippen LogP contribution < -0.4 is 19.6 Å². The summed E-state index contributed by atoms with van der Waals surface area (Å²) in [6, 6.07) is 19.9. The van der Waals surface area contributed by atoms with Crippen LogP contribution in [0.3, 0.4) is 0 Å². The number of hydrogen-bond acceptors (Lipinski definition) is 5. The van der Waals surface area contributed by atoms with Crippen molar-refractivity contribution in [3.05, 3.63) is 122 Å². The second-order valence-corrected chi connectivity index (χ2v) is 12.8. The number of esters is 1. The molecule has 0 radical (unpaired) electrons. The molecular weight excluding hydrogens is 696 g/mol. The lowest BCUT2D eigenvalue weighted by Gasteiger charge is -2.30. The van der Waals surface area contributed by atoms with E-state index in [-0.39, 0.29) is 11.6 Å². The van der Waals surface area contributed by atoms with E-state index in [4.69, 9.17) is 9.73 Å². The average molecular weight is 715 g/mol. The predicted octanol–water partition coefficient (Wildman–Crippen LogP) is 6.53. The number of allylic oxidation sites excluding steroid dienone is 1. The van der Waals surface area contributed by atoms with E-state index in [0.29, 0.717) is 25.1 Å². The summed E-state index contributed by atoms with van der Waals surface area (Å²) in [5, 5.41) is 0. The lowest BCUT2D eigenvalue weighted by molar-refractivity contribution is -0.131. The fraction of sp³-hybridized carbons (Fsp3) is 0.138. The van der Waals surface area contributed by atoms with Crippen molar-refractivity contribution in [1.29, 1.82) is 0 Å². The minimum absolute atomic E-state index is 0.128. The summed E-state index contributed by atoms with van der Waals surface area (Å²) < 4.78 is 10.2. The van der Waals surface area contributed by atoms with Crippen LogP contribution in [0.5, 0.6) is 5.75 Å². The third-order valence-corrected chi connectivity index (χ3v) is 9.19. The Bertz CT molecular complexity index is 1840. The number of carbonyl (C=O) groups excluding carboxylic acids is 1. The predicted molar refractivity (Wildman–Crippen MR) is 160 cm³/mol. The van der Waals surface area contributed by atoms with Crippen LogP contribution in [0.1, 0.15) is 41.6 Å². The Morgan fingerprint density at radius 3 is 2.58 bits per heavy atom. The van der Waals surface area contributed by atoms with Gasteiger partial charge in [0.05, 0.1) is 20.7 Å². The summed E-state index contributed by atoms with van der Waals surface area (Å²) >= 11 is 11.9. The van der Waals surface area contributed by atoms with Gasteiger partial charge in [-0.2, -0.15) is 0 Å². The van der Waals surface area contributed by atoms with E-state index < -0.39 is 5.97 Å². The second kappa shape index (κ2) is 10.2. The first-order valence-electron chi connectivity index (χ1n) is 11.9. The van der Waals surface area contributed by atoms with Crippen molar-refractivity contribution in [2.75, 3.05) is 0 Å². The van der Waals surface area contributed by atoms with Gasteiger partial charge in [0.25, 0.3) is 5.56 Å². The zero-order valence-electron chi connectivity index (χ0n) is 20.0. The van der Waals surface area contributed by atoms with E-state index in [1.807, 2.05) is 28.8 Å². The van der Waals surface area contributed by atoms with Crippen LogP contribution in [0.25, 0.3) is 11.8 Å². The van der Waals surface area contributed by atoms with Gasteiger partial charge >= 0.3 is 5.97 Å². The van der Waals surface area contributed by atoms with E-state index in [1.165, 1.54) is 23.8 Å². The second-order valence-electron chi connectivity index (χ2n) is 9.06. The summed E-state index contributed by atoms with van der Waals surface area (Å²) in [5.41, 5.74) is 6.02. The monoisotopic (exact) mass is 712 g/mol. The highest BCUT2D eigenvalue weighted by atomic mass is 79.9. The molecule has 0 saturated heterocycles. The van der Waals surface area contributed by atoms with Gasteiger partial charge in [-0.25, -0.2) is 4.99 Å². The standard InChI is InChI=1S/C29H19Br3N2O3S/c1-15(35)37-27-18(12-20(31)14-23(27)32)13-24-28(36)34-26(17-6-9-19(30)10-7-17)22-11-8-16-4-2-3-5-21(16)25(22)33-29(34)38-24/h2-7,9-10,12-14,26H,8,11H2,1H3/b24-13+/t26-/m0/s1. The number of aromatic nitrogens is 1. The summed E-state index contributed by atoms with van der Waals surface area (Å²) in [7, 11) is 0. The number of rotatable bonds is 3. The number of thiazole rings is 1. The molecule has 2 aliphatic rings. The Balaban J connectivity index is 1.62. The van der Waals surface area contributed by atoms with Crippen LogP contribution in [-0.4, -0.2) is 10.5 Å². The molecule has 1 aliphatic heterocycles. The van der Waals surface area contributed by atoms with Crippen LogP contribution in [0, 0.1) is 0 Å². The Labute approximate surface area is 247 Å². The van der Waals surface area contributed by atoms with Gasteiger partial charge in [-0.05, 0) is 75.8 Å². The summed E-state index contributed by atoms with van der Waals surface area (Å²) in [4.78, 5) is 31.5. The maximum Gasteiger partial charge on any atom is 0.308 e. The van der Waals surface area contributed by atoms with Crippen molar-refractivity contribution < 1.29 is 9.53 Å². The minimum atomic E-state index is -0.439. The summed E-state index contributed by atoms with van der Waals surface area (Å²) in [5.74, 6) is -0.0741. The van der Waals surface area contributed by atoms with Crippen LogP contribution in [0.15, 0.2) is 89.4 Å². The lowest BCUT2D eigenvalue weighted by atomic mass is 9.83. The van der Waals surface area contributed by atoms with Gasteiger partial charge in [-0.3, -0.25) is 14.2 Å². The maximum absolute atomic E-state index is 14.0. The number of aryl methyl sites for hydroxylation is 1. The molecule has 4 aromatic rings. The molecule has 1 aliphatic carbocycles. The molecule has 0 bridgehead atoms. The summed E-state index contributed by atoms with van der Waals surface area (Å²) in [6.45, 7) is 1.35. The Morgan fingerprint density at radius 1 is 1.05 bits per heavy atom. The molecule has 0 spiro atoms. The van der Waals surface area contributed by atoms with Crippen molar-refractivity contribution in [3.8, 4) is 5.75 Å². The number of carbonyl (C=O) groups is 1. The molecule has 0 fully saturated rings. The molecule has 9 heteroatoms. The van der Waals surface area contributed by atoms with Crippen LogP contribution >= 0.6 is 59.1 Å². The highest BCUT2D eigenvalue weighted by molar-refractivity contribution is 9.11. The van der Waals surface area contributed by atoms with Crippen LogP contribution in [0.4, 0.5) is 0 Å². The molecule has 5 nitrogen and oxygen atoms in total. The molecule has 6 rings (SSSR count). The zero-order chi connectivity index (χ0) is 26.6. The Morgan fingerprint density at radius 2 is 1.82 bits per heavy atom. The van der Waals surface area contributed by atoms with E-state index in [2.05, 4.69) is 78.1 Å². The third-order valence-electron chi connectivity index (χ3n) is 6.63. The quantitative estimate of drug-likeness (QED) is 0.179. The highest BCUT2D eigenvalue weighted by Crippen LogP contribution is 2.41. The molecule has 1 aromatic heterocycles. The average Bonchev–Trinajstić information content (AvgIpc) is 3.19. The molecular formula is C29H19Br3N2O3S. The largest absolute Gasteiger partial charge is 0.425 e. The normalized spacial score (nSPS) is 16.4. The Kier molecular flexibility index (Phi) is 6.88. The topological polar surface area (TPSA) is 60.7 Å². The molecule has 190 valence electrons. The molecule has 0 amide bonds. The number of benzene rings is 3. The van der Waals surface area contributed by atoms with Crippen molar-refractivity contribution in [1.82, 2.24) is 4.57 Å². The van der Waals surface area contributed by atoms with Crippen molar-refractivity contribution in [3.63, 3.8) is 0 Å². The number of ether oxygens (including phenoxy) is 1. The van der Waals surface area contributed by atoms with E-state index in [1.54, 1.807) is 12.1 Å². The molecule has 38 heavy (non-hydrogen) atoms. The SMILES string of the molecule is CC(=O)Oc1c(Br)cc(Br)cc1/C=c1/sc2n(c1=O)[C@@H](c1ccc(Br)cc1)C1=C(N=2)c2ccccc2CC1. The van der Waals surface area contributed by atoms with Gasteiger partial charge < -0.3 is 4.74 Å². The van der Waals surface area contributed by atoms with Gasteiger partial charge in [0.2, 0.25) is 0 Å². The first kappa shape index (κ1) is 25.7.